The maximum Gasteiger partial charge on any atom is 0.230 e. The van der Waals surface area contributed by atoms with Crippen LogP contribution in [0.15, 0.2) is 28.7 Å². The zero-order chi connectivity index (χ0) is 14.8. The van der Waals surface area contributed by atoms with Crippen molar-refractivity contribution in [2.45, 2.75) is 44.6 Å². The second-order valence-electron chi connectivity index (χ2n) is 5.95. The molecule has 0 heterocycles. The first-order valence-corrected chi connectivity index (χ1v) is 7.97. The van der Waals surface area contributed by atoms with Crippen molar-refractivity contribution in [1.29, 1.82) is 0 Å². The van der Waals surface area contributed by atoms with Gasteiger partial charge in [0.25, 0.3) is 0 Å². The topological polar surface area (TPSA) is 49.3 Å². The molecule has 0 aliphatic heterocycles. The molecule has 1 aliphatic carbocycles. The summed E-state index contributed by atoms with van der Waals surface area (Å²) in [5.41, 5.74) is 0.737. The standard InChI is InChI=1S/C16H22BrNO2/c1-11(2)14(19)6-9-18-15(20)16(7-8-16)12-4-3-5-13(17)10-12/h3-5,10-11,14,19H,6-9H2,1-2H3,(H,18,20). The second-order valence-corrected chi connectivity index (χ2v) is 6.86. The fourth-order valence-electron chi connectivity index (χ4n) is 2.39. The number of aliphatic hydroxyl groups is 1. The molecule has 110 valence electrons. The first-order valence-electron chi connectivity index (χ1n) is 7.18. The summed E-state index contributed by atoms with van der Waals surface area (Å²) in [5, 5.41) is 12.7. The summed E-state index contributed by atoms with van der Waals surface area (Å²) in [5.74, 6) is 0.318. The number of nitrogens with one attached hydrogen (secondary N) is 1. The van der Waals surface area contributed by atoms with Gasteiger partial charge in [0.1, 0.15) is 0 Å². The van der Waals surface area contributed by atoms with E-state index in [0.29, 0.717) is 13.0 Å². The van der Waals surface area contributed by atoms with Crippen LogP contribution in [0.4, 0.5) is 0 Å². The van der Waals surface area contributed by atoms with E-state index in [2.05, 4.69) is 21.2 Å². The molecule has 2 N–H and O–H groups in total. The highest BCUT2D eigenvalue weighted by molar-refractivity contribution is 9.10. The highest BCUT2D eigenvalue weighted by Gasteiger charge is 2.51. The van der Waals surface area contributed by atoms with Crippen molar-refractivity contribution >= 4 is 21.8 Å². The summed E-state index contributed by atoms with van der Waals surface area (Å²) in [7, 11) is 0. The number of amides is 1. The molecule has 1 atom stereocenters. The molecular weight excluding hydrogens is 318 g/mol. The number of carbonyl (C=O) groups is 1. The van der Waals surface area contributed by atoms with Crippen molar-refractivity contribution in [1.82, 2.24) is 5.32 Å². The lowest BCUT2D eigenvalue weighted by atomic mass is 9.95. The number of rotatable bonds is 6. The molecular formula is C16H22BrNO2. The van der Waals surface area contributed by atoms with E-state index in [9.17, 15) is 9.90 Å². The van der Waals surface area contributed by atoms with E-state index in [1.54, 1.807) is 0 Å². The van der Waals surface area contributed by atoms with Gasteiger partial charge in [-0.05, 0) is 42.9 Å². The largest absolute Gasteiger partial charge is 0.393 e. The van der Waals surface area contributed by atoms with Gasteiger partial charge in [-0.2, -0.15) is 0 Å². The molecule has 2 rings (SSSR count). The minimum absolute atomic E-state index is 0.0894. The summed E-state index contributed by atoms with van der Waals surface area (Å²) in [6.07, 6.45) is 2.07. The molecule has 0 radical (unpaired) electrons. The molecule has 1 saturated carbocycles. The van der Waals surface area contributed by atoms with Crippen LogP contribution >= 0.6 is 15.9 Å². The Kier molecular flexibility index (Phi) is 4.86. The molecule has 3 nitrogen and oxygen atoms in total. The first kappa shape index (κ1) is 15.5. The molecule has 0 bridgehead atoms. The first-order chi connectivity index (χ1) is 9.45. The quantitative estimate of drug-likeness (QED) is 0.836. The predicted molar refractivity (Wildman–Crippen MR) is 83.5 cm³/mol. The van der Waals surface area contributed by atoms with E-state index in [-0.39, 0.29) is 23.3 Å². The molecule has 1 amide bonds. The smallest absolute Gasteiger partial charge is 0.230 e. The van der Waals surface area contributed by atoms with Gasteiger partial charge in [-0.1, -0.05) is 41.9 Å². The third kappa shape index (κ3) is 3.41. The van der Waals surface area contributed by atoms with Crippen molar-refractivity contribution in [2.75, 3.05) is 6.54 Å². The van der Waals surface area contributed by atoms with E-state index in [0.717, 1.165) is 22.9 Å². The van der Waals surface area contributed by atoms with Crippen molar-refractivity contribution in [3.63, 3.8) is 0 Å². The van der Waals surface area contributed by atoms with E-state index in [4.69, 9.17) is 0 Å². The van der Waals surface area contributed by atoms with Gasteiger partial charge in [-0.25, -0.2) is 0 Å². The molecule has 1 aliphatic rings. The molecule has 0 spiro atoms. The Labute approximate surface area is 128 Å². The summed E-state index contributed by atoms with van der Waals surface area (Å²) >= 11 is 3.45. The van der Waals surface area contributed by atoms with Crippen molar-refractivity contribution in [3.8, 4) is 0 Å². The summed E-state index contributed by atoms with van der Waals surface area (Å²) in [4.78, 5) is 12.4. The fraction of sp³-hybridized carbons (Fsp3) is 0.562. The Morgan fingerprint density at radius 1 is 1.45 bits per heavy atom. The van der Waals surface area contributed by atoms with Gasteiger partial charge in [0.2, 0.25) is 5.91 Å². The Morgan fingerprint density at radius 3 is 2.70 bits per heavy atom. The monoisotopic (exact) mass is 339 g/mol. The predicted octanol–water partition coefficient (Wildman–Crippen LogP) is 3.00. The van der Waals surface area contributed by atoms with Crippen LogP contribution in [0.1, 0.15) is 38.7 Å². The lowest BCUT2D eigenvalue weighted by Gasteiger charge is -2.18. The van der Waals surface area contributed by atoms with Crippen molar-refractivity contribution in [2.24, 2.45) is 5.92 Å². The zero-order valence-electron chi connectivity index (χ0n) is 12.0. The van der Waals surface area contributed by atoms with Crippen molar-refractivity contribution < 1.29 is 9.90 Å². The van der Waals surface area contributed by atoms with Gasteiger partial charge in [0.15, 0.2) is 0 Å². The number of benzene rings is 1. The van der Waals surface area contributed by atoms with Crippen LogP contribution in [0.2, 0.25) is 0 Å². The lowest BCUT2D eigenvalue weighted by molar-refractivity contribution is -0.123. The van der Waals surface area contributed by atoms with E-state index in [1.807, 2.05) is 38.1 Å². The molecule has 1 aromatic rings. The molecule has 1 unspecified atom stereocenters. The molecule has 0 aromatic heterocycles. The Balaban J connectivity index is 1.92. The van der Waals surface area contributed by atoms with Gasteiger partial charge in [0, 0.05) is 11.0 Å². The molecule has 1 fully saturated rings. The lowest BCUT2D eigenvalue weighted by Crippen LogP contribution is -2.36. The Hall–Kier alpha value is -0.870. The average Bonchev–Trinajstić information content (AvgIpc) is 3.19. The maximum absolute atomic E-state index is 12.4. The van der Waals surface area contributed by atoms with E-state index in [1.165, 1.54) is 0 Å². The number of aliphatic hydroxyl groups excluding tert-OH is 1. The second kappa shape index (κ2) is 6.27. The van der Waals surface area contributed by atoms with Gasteiger partial charge in [0.05, 0.1) is 11.5 Å². The van der Waals surface area contributed by atoms with Gasteiger partial charge in [-0.3, -0.25) is 4.79 Å². The van der Waals surface area contributed by atoms with E-state index < -0.39 is 0 Å². The van der Waals surface area contributed by atoms with Gasteiger partial charge >= 0.3 is 0 Å². The molecule has 1 aromatic carbocycles. The van der Waals surface area contributed by atoms with Crippen LogP contribution in [0, 0.1) is 5.92 Å². The Morgan fingerprint density at radius 2 is 2.15 bits per heavy atom. The van der Waals surface area contributed by atoms with Crippen LogP contribution in [-0.2, 0) is 10.2 Å². The van der Waals surface area contributed by atoms with Crippen LogP contribution in [-0.4, -0.2) is 23.7 Å². The normalized spacial score (nSPS) is 17.9. The minimum Gasteiger partial charge on any atom is -0.393 e. The van der Waals surface area contributed by atoms with Crippen LogP contribution < -0.4 is 5.32 Å². The molecule has 4 heteroatoms. The molecule has 20 heavy (non-hydrogen) atoms. The number of hydrogen-bond acceptors (Lipinski definition) is 2. The molecule has 0 saturated heterocycles. The number of hydrogen-bond donors (Lipinski definition) is 2. The number of carbonyl (C=O) groups excluding carboxylic acids is 1. The Bertz CT molecular complexity index is 483. The van der Waals surface area contributed by atoms with E-state index >= 15 is 0 Å². The third-order valence-corrected chi connectivity index (χ3v) is 4.55. The average molecular weight is 340 g/mol. The maximum atomic E-state index is 12.4. The van der Waals surface area contributed by atoms with Crippen LogP contribution in [0.3, 0.4) is 0 Å². The summed E-state index contributed by atoms with van der Waals surface area (Å²) in [6, 6.07) is 7.97. The zero-order valence-corrected chi connectivity index (χ0v) is 13.6. The summed E-state index contributed by atoms with van der Waals surface area (Å²) < 4.78 is 1.00. The fourth-order valence-corrected chi connectivity index (χ4v) is 2.79. The van der Waals surface area contributed by atoms with Gasteiger partial charge in [-0.15, -0.1) is 0 Å². The van der Waals surface area contributed by atoms with Gasteiger partial charge < -0.3 is 10.4 Å². The SMILES string of the molecule is CC(C)C(O)CCNC(=O)C1(c2cccc(Br)c2)CC1. The summed E-state index contributed by atoms with van der Waals surface area (Å²) in [6.45, 7) is 4.50. The minimum atomic E-state index is -0.351. The number of halogens is 1. The third-order valence-electron chi connectivity index (χ3n) is 4.06. The van der Waals surface area contributed by atoms with Crippen LogP contribution in [0.5, 0.6) is 0 Å². The van der Waals surface area contributed by atoms with Crippen LogP contribution in [0.25, 0.3) is 0 Å². The van der Waals surface area contributed by atoms with Crippen molar-refractivity contribution in [3.05, 3.63) is 34.3 Å². The highest BCUT2D eigenvalue weighted by atomic mass is 79.9. The highest BCUT2D eigenvalue weighted by Crippen LogP contribution is 2.48.